The van der Waals surface area contributed by atoms with Crippen LogP contribution in [0.25, 0.3) is 6.08 Å². The van der Waals surface area contributed by atoms with Crippen molar-refractivity contribution < 1.29 is 33.3 Å². The summed E-state index contributed by atoms with van der Waals surface area (Å²) in [5.41, 5.74) is 2.19. The van der Waals surface area contributed by atoms with Crippen LogP contribution in [0.15, 0.2) is 102 Å². The first-order valence-corrected chi connectivity index (χ1v) is 14.9. The second-order valence-corrected chi connectivity index (χ2v) is 10.7. The standard InChI is InChI=1S/C34H31N3O7S/c1-41-28-14-8-22(19-30(28)42-2)18-27(37-33(39)23-6-4-3-5-7-23)34(40)36-24-9-12-26(13-10-24)45-21-32(38)35-25-11-15-29-31(20-25)44-17-16-43-29/h3-15,18-20H,16-17,21H2,1-2H3,(H,35,38)(H,36,40)(H,37,39)/b27-18-. The molecule has 0 atom stereocenters. The Bertz CT molecular complexity index is 1710. The molecule has 3 N–H and O–H groups in total. The van der Waals surface area contributed by atoms with Gasteiger partial charge in [-0.15, -0.1) is 11.8 Å². The van der Waals surface area contributed by atoms with Crippen LogP contribution in [0.5, 0.6) is 23.0 Å². The number of rotatable bonds is 11. The molecule has 11 heteroatoms. The van der Waals surface area contributed by atoms with E-state index in [0.717, 1.165) is 4.90 Å². The highest BCUT2D eigenvalue weighted by molar-refractivity contribution is 8.00. The van der Waals surface area contributed by atoms with Crippen LogP contribution in [0.3, 0.4) is 0 Å². The maximum absolute atomic E-state index is 13.4. The monoisotopic (exact) mass is 625 g/mol. The molecular weight excluding hydrogens is 594 g/mol. The van der Waals surface area contributed by atoms with Gasteiger partial charge in [-0.25, -0.2) is 0 Å². The molecule has 45 heavy (non-hydrogen) atoms. The summed E-state index contributed by atoms with van der Waals surface area (Å²) in [6.07, 6.45) is 1.56. The van der Waals surface area contributed by atoms with Crippen molar-refractivity contribution in [2.75, 3.05) is 43.8 Å². The molecule has 0 aromatic heterocycles. The first-order chi connectivity index (χ1) is 21.9. The number of hydrogen-bond donors (Lipinski definition) is 3. The Balaban J connectivity index is 1.23. The Kier molecular flexibility index (Phi) is 10.2. The summed E-state index contributed by atoms with van der Waals surface area (Å²) in [5.74, 6) is 1.33. The van der Waals surface area contributed by atoms with E-state index in [1.807, 2.05) is 0 Å². The van der Waals surface area contributed by atoms with Crippen molar-refractivity contribution in [1.82, 2.24) is 5.32 Å². The highest BCUT2D eigenvalue weighted by Crippen LogP contribution is 2.33. The molecule has 0 fully saturated rings. The maximum atomic E-state index is 13.4. The maximum Gasteiger partial charge on any atom is 0.272 e. The molecule has 0 saturated heterocycles. The topological polar surface area (TPSA) is 124 Å². The molecule has 0 aliphatic carbocycles. The number of thioether (sulfide) groups is 1. The summed E-state index contributed by atoms with van der Waals surface area (Å²) in [4.78, 5) is 39.7. The number of carbonyl (C=O) groups is 3. The molecule has 5 rings (SSSR count). The zero-order valence-electron chi connectivity index (χ0n) is 24.6. The molecule has 230 valence electrons. The van der Waals surface area contributed by atoms with Gasteiger partial charge in [-0.2, -0.15) is 0 Å². The minimum absolute atomic E-state index is 0.0327. The van der Waals surface area contributed by atoms with Crippen LogP contribution in [-0.2, 0) is 9.59 Å². The van der Waals surface area contributed by atoms with Gasteiger partial charge in [0.2, 0.25) is 5.91 Å². The minimum atomic E-state index is -0.520. The van der Waals surface area contributed by atoms with Crippen LogP contribution >= 0.6 is 11.8 Å². The van der Waals surface area contributed by atoms with Gasteiger partial charge >= 0.3 is 0 Å². The van der Waals surface area contributed by atoms with E-state index in [4.69, 9.17) is 18.9 Å². The smallest absolute Gasteiger partial charge is 0.272 e. The van der Waals surface area contributed by atoms with E-state index in [2.05, 4.69) is 16.0 Å². The second kappa shape index (κ2) is 14.8. The number of fused-ring (bicyclic) bond motifs is 1. The van der Waals surface area contributed by atoms with Gasteiger partial charge in [-0.1, -0.05) is 24.3 Å². The molecule has 4 aromatic rings. The SMILES string of the molecule is COc1ccc(/C=C(\NC(=O)c2ccccc2)C(=O)Nc2ccc(SCC(=O)Nc3ccc4c(c3)OCCO4)cc2)cc1OC. The molecule has 1 aliphatic rings. The normalized spacial score (nSPS) is 12.1. The van der Waals surface area contributed by atoms with Crippen LogP contribution in [0, 0.1) is 0 Å². The molecular formula is C34H31N3O7S. The lowest BCUT2D eigenvalue weighted by Gasteiger charge is -2.19. The third-order valence-corrected chi connectivity index (χ3v) is 7.57. The number of anilines is 2. The molecule has 0 unspecified atom stereocenters. The van der Waals surface area contributed by atoms with Crippen molar-refractivity contribution in [2.45, 2.75) is 4.90 Å². The molecule has 10 nitrogen and oxygen atoms in total. The van der Waals surface area contributed by atoms with E-state index in [9.17, 15) is 14.4 Å². The Hall–Kier alpha value is -5.42. The number of ether oxygens (including phenoxy) is 4. The molecule has 0 radical (unpaired) electrons. The van der Waals surface area contributed by atoms with Crippen molar-refractivity contribution in [1.29, 1.82) is 0 Å². The lowest BCUT2D eigenvalue weighted by atomic mass is 10.1. The molecule has 0 spiro atoms. The molecule has 0 saturated carbocycles. The molecule has 4 aromatic carbocycles. The highest BCUT2D eigenvalue weighted by Gasteiger charge is 2.17. The van der Waals surface area contributed by atoms with Crippen molar-refractivity contribution in [3.05, 3.63) is 108 Å². The van der Waals surface area contributed by atoms with Gasteiger partial charge in [0.1, 0.15) is 18.9 Å². The zero-order valence-corrected chi connectivity index (χ0v) is 25.4. The fourth-order valence-electron chi connectivity index (χ4n) is 4.35. The van der Waals surface area contributed by atoms with Crippen LogP contribution in [-0.4, -0.2) is 50.9 Å². The summed E-state index contributed by atoms with van der Waals surface area (Å²) in [6.45, 7) is 0.967. The van der Waals surface area contributed by atoms with E-state index in [1.165, 1.54) is 26.0 Å². The minimum Gasteiger partial charge on any atom is -0.493 e. The van der Waals surface area contributed by atoms with Crippen LogP contribution in [0.1, 0.15) is 15.9 Å². The van der Waals surface area contributed by atoms with Gasteiger partial charge in [0.25, 0.3) is 11.8 Å². The van der Waals surface area contributed by atoms with Gasteiger partial charge < -0.3 is 34.9 Å². The van der Waals surface area contributed by atoms with E-state index in [0.29, 0.717) is 58.7 Å². The first-order valence-electron chi connectivity index (χ1n) is 14.0. The van der Waals surface area contributed by atoms with Crippen LogP contribution in [0.2, 0.25) is 0 Å². The molecule has 1 heterocycles. The van der Waals surface area contributed by atoms with E-state index in [1.54, 1.807) is 97.1 Å². The van der Waals surface area contributed by atoms with Crippen molar-refractivity contribution in [3.8, 4) is 23.0 Å². The van der Waals surface area contributed by atoms with Gasteiger partial charge in [-0.05, 0) is 72.3 Å². The number of hydrogen-bond acceptors (Lipinski definition) is 8. The fourth-order valence-corrected chi connectivity index (χ4v) is 5.05. The predicted molar refractivity (Wildman–Crippen MR) is 173 cm³/mol. The lowest BCUT2D eigenvalue weighted by molar-refractivity contribution is -0.114. The predicted octanol–water partition coefficient (Wildman–Crippen LogP) is 5.62. The average Bonchev–Trinajstić information content (AvgIpc) is 3.07. The van der Waals surface area contributed by atoms with Gasteiger partial charge in [0.15, 0.2) is 23.0 Å². The Labute approximate surface area is 264 Å². The number of nitrogens with one attached hydrogen (secondary N) is 3. The summed E-state index contributed by atoms with van der Waals surface area (Å²) >= 11 is 1.35. The fraction of sp³-hybridized carbons (Fsp3) is 0.147. The molecule has 1 aliphatic heterocycles. The Morgan fingerprint density at radius 1 is 0.778 bits per heavy atom. The largest absolute Gasteiger partial charge is 0.493 e. The first kappa shape index (κ1) is 31.0. The van der Waals surface area contributed by atoms with E-state index in [-0.39, 0.29) is 17.4 Å². The van der Waals surface area contributed by atoms with Crippen LogP contribution < -0.4 is 34.9 Å². The average molecular weight is 626 g/mol. The zero-order chi connectivity index (χ0) is 31.6. The summed E-state index contributed by atoms with van der Waals surface area (Å²) in [7, 11) is 3.05. The Morgan fingerprint density at radius 2 is 1.49 bits per heavy atom. The van der Waals surface area contributed by atoms with Gasteiger partial charge in [-0.3, -0.25) is 14.4 Å². The summed E-state index contributed by atoms with van der Waals surface area (Å²) < 4.78 is 21.8. The summed E-state index contributed by atoms with van der Waals surface area (Å²) in [6, 6.07) is 26.1. The third-order valence-electron chi connectivity index (χ3n) is 6.56. The molecule has 0 bridgehead atoms. The van der Waals surface area contributed by atoms with Crippen molar-refractivity contribution in [2.24, 2.45) is 0 Å². The Morgan fingerprint density at radius 3 is 2.22 bits per heavy atom. The van der Waals surface area contributed by atoms with Crippen LogP contribution in [0.4, 0.5) is 11.4 Å². The van der Waals surface area contributed by atoms with E-state index < -0.39 is 11.8 Å². The highest BCUT2D eigenvalue weighted by atomic mass is 32.2. The van der Waals surface area contributed by atoms with Crippen molar-refractivity contribution in [3.63, 3.8) is 0 Å². The quantitative estimate of drug-likeness (QED) is 0.145. The van der Waals surface area contributed by atoms with E-state index >= 15 is 0 Å². The molecule has 3 amide bonds. The number of methoxy groups -OCH3 is 2. The van der Waals surface area contributed by atoms with Gasteiger partial charge in [0.05, 0.1) is 20.0 Å². The second-order valence-electron chi connectivity index (χ2n) is 9.67. The third kappa shape index (κ3) is 8.36. The van der Waals surface area contributed by atoms with Crippen molar-refractivity contribution >= 4 is 46.9 Å². The van der Waals surface area contributed by atoms with Gasteiger partial charge in [0, 0.05) is 27.9 Å². The number of benzene rings is 4. The number of amides is 3. The summed E-state index contributed by atoms with van der Waals surface area (Å²) in [5, 5.41) is 8.42. The lowest BCUT2D eigenvalue weighted by Crippen LogP contribution is -2.30. The number of carbonyl (C=O) groups excluding carboxylic acids is 3.